The third-order valence-corrected chi connectivity index (χ3v) is 5.70. The second-order valence-corrected chi connectivity index (χ2v) is 7.38. The first-order valence-corrected chi connectivity index (χ1v) is 9.71. The average Bonchev–Trinajstić information content (AvgIpc) is 3.16. The SMILES string of the molecule is O=c1nc(SCc2cccc(F)c2)c2c(n1Cc1ccco1)CCCC2. The fourth-order valence-corrected chi connectivity index (χ4v) is 4.39. The van der Waals surface area contributed by atoms with Gasteiger partial charge in [0.25, 0.3) is 0 Å². The fourth-order valence-electron chi connectivity index (χ4n) is 3.37. The van der Waals surface area contributed by atoms with E-state index in [4.69, 9.17) is 4.42 Å². The third kappa shape index (κ3) is 3.60. The molecule has 1 aliphatic carbocycles. The number of hydrogen-bond donors (Lipinski definition) is 0. The summed E-state index contributed by atoms with van der Waals surface area (Å²) in [5, 5.41) is 0.782. The van der Waals surface area contributed by atoms with Crippen LogP contribution in [0.4, 0.5) is 4.39 Å². The van der Waals surface area contributed by atoms with Gasteiger partial charge < -0.3 is 4.42 Å². The molecule has 0 bridgehead atoms. The van der Waals surface area contributed by atoms with E-state index in [1.165, 1.54) is 23.9 Å². The predicted molar refractivity (Wildman–Crippen MR) is 98.9 cm³/mol. The number of nitrogens with zero attached hydrogens (tertiary/aromatic N) is 2. The minimum atomic E-state index is -0.246. The predicted octanol–water partition coefficient (Wildman–Crippen LogP) is 4.19. The van der Waals surface area contributed by atoms with Crippen molar-refractivity contribution in [2.24, 2.45) is 0 Å². The van der Waals surface area contributed by atoms with Crippen LogP contribution < -0.4 is 5.69 Å². The molecular weight excluding hydrogens is 351 g/mol. The molecule has 26 heavy (non-hydrogen) atoms. The summed E-state index contributed by atoms with van der Waals surface area (Å²) in [5.74, 6) is 1.10. The Bertz CT molecular complexity index is 966. The smallest absolute Gasteiger partial charge is 0.349 e. The molecule has 0 spiro atoms. The maximum Gasteiger partial charge on any atom is 0.349 e. The summed E-state index contributed by atoms with van der Waals surface area (Å²) in [6.45, 7) is 0.413. The molecule has 0 radical (unpaired) electrons. The van der Waals surface area contributed by atoms with E-state index in [1.807, 2.05) is 18.2 Å². The Hall–Kier alpha value is -2.34. The zero-order chi connectivity index (χ0) is 17.9. The van der Waals surface area contributed by atoms with E-state index in [0.717, 1.165) is 53.3 Å². The van der Waals surface area contributed by atoms with Crippen molar-refractivity contribution in [3.63, 3.8) is 0 Å². The molecule has 0 fully saturated rings. The first-order valence-electron chi connectivity index (χ1n) is 8.73. The van der Waals surface area contributed by atoms with Crippen molar-refractivity contribution in [3.05, 3.63) is 81.5 Å². The molecule has 1 aliphatic rings. The van der Waals surface area contributed by atoms with Gasteiger partial charge in [0.05, 0.1) is 12.8 Å². The minimum Gasteiger partial charge on any atom is -0.467 e. The number of halogens is 1. The highest BCUT2D eigenvalue weighted by atomic mass is 32.2. The fraction of sp³-hybridized carbons (Fsp3) is 0.300. The van der Waals surface area contributed by atoms with E-state index in [-0.39, 0.29) is 11.5 Å². The molecule has 2 aromatic heterocycles. The van der Waals surface area contributed by atoms with E-state index >= 15 is 0 Å². The lowest BCUT2D eigenvalue weighted by molar-refractivity contribution is 0.471. The van der Waals surface area contributed by atoms with Gasteiger partial charge in [-0.3, -0.25) is 4.57 Å². The van der Waals surface area contributed by atoms with Gasteiger partial charge in [-0.15, -0.1) is 11.8 Å². The van der Waals surface area contributed by atoms with Crippen LogP contribution in [0.3, 0.4) is 0 Å². The molecule has 134 valence electrons. The Labute approximate surface area is 155 Å². The summed E-state index contributed by atoms with van der Waals surface area (Å²) >= 11 is 1.51. The Balaban J connectivity index is 1.65. The first kappa shape index (κ1) is 17.1. The van der Waals surface area contributed by atoms with Gasteiger partial charge >= 0.3 is 5.69 Å². The van der Waals surface area contributed by atoms with Crippen molar-refractivity contribution < 1.29 is 8.81 Å². The van der Waals surface area contributed by atoms with Crippen molar-refractivity contribution in [1.82, 2.24) is 9.55 Å². The van der Waals surface area contributed by atoms with Crippen LogP contribution in [0.5, 0.6) is 0 Å². The molecule has 0 atom stereocenters. The monoisotopic (exact) mass is 370 g/mol. The summed E-state index contributed by atoms with van der Waals surface area (Å²) in [6, 6.07) is 10.2. The van der Waals surface area contributed by atoms with Gasteiger partial charge in [0.2, 0.25) is 0 Å². The van der Waals surface area contributed by atoms with Crippen LogP contribution in [-0.2, 0) is 25.1 Å². The van der Waals surface area contributed by atoms with Crippen LogP contribution in [0, 0.1) is 5.82 Å². The van der Waals surface area contributed by atoms with Crippen LogP contribution in [0.2, 0.25) is 0 Å². The maximum atomic E-state index is 13.4. The first-order chi connectivity index (χ1) is 12.7. The molecule has 4 nitrogen and oxygen atoms in total. The summed E-state index contributed by atoms with van der Waals surface area (Å²) in [7, 11) is 0. The molecular formula is C20H19FN2O2S. The second kappa shape index (κ2) is 7.50. The Morgan fingerprint density at radius 3 is 2.88 bits per heavy atom. The number of thioether (sulfide) groups is 1. The normalized spacial score (nSPS) is 13.6. The molecule has 2 heterocycles. The van der Waals surface area contributed by atoms with Gasteiger partial charge in [-0.2, -0.15) is 4.98 Å². The number of fused-ring (bicyclic) bond motifs is 1. The molecule has 0 amide bonds. The highest BCUT2D eigenvalue weighted by molar-refractivity contribution is 7.98. The van der Waals surface area contributed by atoms with Gasteiger partial charge in [-0.1, -0.05) is 12.1 Å². The number of aromatic nitrogens is 2. The van der Waals surface area contributed by atoms with E-state index in [0.29, 0.717) is 12.3 Å². The van der Waals surface area contributed by atoms with Crippen LogP contribution in [0.1, 0.15) is 35.4 Å². The van der Waals surface area contributed by atoms with Crippen LogP contribution in [0.25, 0.3) is 0 Å². The van der Waals surface area contributed by atoms with Gasteiger partial charge in [-0.25, -0.2) is 9.18 Å². The van der Waals surface area contributed by atoms with Crippen LogP contribution in [-0.4, -0.2) is 9.55 Å². The number of rotatable bonds is 5. The molecule has 0 aliphatic heterocycles. The molecule has 0 saturated carbocycles. The van der Waals surface area contributed by atoms with Crippen molar-refractivity contribution >= 4 is 11.8 Å². The van der Waals surface area contributed by atoms with E-state index in [9.17, 15) is 9.18 Å². The number of hydrogen-bond acceptors (Lipinski definition) is 4. The largest absolute Gasteiger partial charge is 0.467 e. The molecule has 4 rings (SSSR count). The highest BCUT2D eigenvalue weighted by Gasteiger charge is 2.21. The van der Waals surface area contributed by atoms with Crippen LogP contribution in [0.15, 0.2) is 56.9 Å². The molecule has 3 aromatic rings. The van der Waals surface area contributed by atoms with Crippen molar-refractivity contribution in [2.75, 3.05) is 0 Å². The summed E-state index contributed by atoms with van der Waals surface area (Å²) in [6.07, 6.45) is 5.58. The molecule has 0 unspecified atom stereocenters. The third-order valence-electron chi connectivity index (χ3n) is 4.61. The Morgan fingerprint density at radius 2 is 2.08 bits per heavy atom. The molecule has 0 saturated heterocycles. The van der Waals surface area contributed by atoms with E-state index < -0.39 is 0 Å². The Morgan fingerprint density at radius 1 is 1.19 bits per heavy atom. The molecule has 6 heteroatoms. The van der Waals surface area contributed by atoms with E-state index in [1.54, 1.807) is 16.9 Å². The molecule has 1 aromatic carbocycles. The summed E-state index contributed by atoms with van der Waals surface area (Å²) < 4.78 is 20.5. The standard InChI is InChI=1S/C20H19FN2O2S/c21-15-6-3-5-14(11-15)13-26-19-17-8-1-2-9-18(17)23(20(24)22-19)12-16-7-4-10-25-16/h3-7,10-11H,1-2,8-9,12-13H2. The van der Waals surface area contributed by atoms with Gasteiger partial charge in [0.15, 0.2) is 0 Å². The summed E-state index contributed by atoms with van der Waals surface area (Å²) in [5.41, 5.74) is 2.86. The minimum absolute atomic E-state index is 0.244. The second-order valence-electron chi connectivity index (χ2n) is 6.42. The maximum absolute atomic E-state index is 13.4. The van der Waals surface area contributed by atoms with Gasteiger partial charge in [0, 0.05) is 17.0 Å². The lowest BCUT2D eigenvalue weighted by Crippen LogP contribution is -2.30. The van der Waals surface area contributed by atoms with Gasteiger partial charge in [-0.05, 0) is 55.5 Å². The van der Waals surface area contributed by atoms with Crippen molar-refractivity contribution in [2.45, 2.75) is 43.0 Å². The highest BCUT2D eigenvalue weighted by Crippen LogP contribution is 2.30. The van der Waals surface area contributed by atoms with Crippen molar-refractivity contribution in [1.29, 1.82) is 0 Å². The number of benzene rings is 1. The lowest BCUT2D eigenvalue weighted by Gasteiger charge is -2.22. The average molecular weight is 370 g/mol. The topological polar surface area (TPSA) is 48.0 Å². The Kier molecular flexibility index (Phi) is 4.93. The zero-order valence-corrected chi connectivity index (χ0v) is 15.1. The van der Waals surface area contributed by atoms with Crippen LogP contribution >= 0.6 is 11.8 Å². The quantitative estimate of drug-likeness (QED) is 0.499. The molecule has 0 N–H and O–H groups in total. The van der Waals surface area contributed by atoms with E-state index in [2.05, 4.69) is 4.98 Å². The number of furan rings is 1. The van der Waals surface area contributed by atoms with Gasteiger partial charge in [0.1, 0.15) is 16.6 Å². The van der Waals surface area contributed by atoms with Crippen molar-refractivity contribution in [3.8, 4) is 0 Å². The zero-order valence-electron chi connectivity index (χ0n) is 14.3. The lowest BCUT2D eigenvalue weighted by atomic mass is 9.97. The summed E-state index contributed by atoms with van der Waals surface area (Å²) in [4.78, 5) is 17.0.